The van der Waals surface area contributed by atoms with Crippen molar-refractivity contribution in [3.63, 3.8) is 0 Å². The molecular weight excluding hydrogens is 227 g/mol. The Balaban J connectivity index is 4.30. The van der Waals surface area contributed by atoms with Crippen LogP contribution in [0.5, 0.6) is 0 Å². The minimum Gasteiger partial charge on any atom is -0.401 e. The molecule has 0 aliphatic heterocycles. The maximum atomic E-state index is 11.5. The molecule has 6 heteroatoms. The zero-order valence-corrected chi connectivity index (χ0v) is 6.87. The van der Waals surface area contributed by atoms with Crippen molar-refractivity contribution in [1.82, 2.24) is 0 Å². The summed E-state index contributed by atoms with van der Waals surface area (Å²) < 4.78 is 34.4. The van der Waals surface area contributed by atoms with E-state index in [2.05, 4.69) is 15.9 Å². The Hall–Kier alpha value is -0.520. The Kier molecular flexibility index (Phi) is 3.57. The molecule has 0 amide bonds. The summed E-state index contributed by atoms with van der Waals surface area (Å²) in [6.45, 7) is 0. The average Bonchev–Trinajstić information content (AvgIpc) is 1.85. The number of carbonyl (C=O) groups is 1. The van der Waals surface area contributed by atoms with E-state index in [0.29, 0.717) is 6.08 Å². The number of rotatable bonds is 2. The van der Waals surface area contributed by atoms with Crippen molar-refractivity contribution < 1.29 is 18.0 Å². The first-order valence-corrected chi connectivity index (χ1v) is 3.63. The summed E-state index contributed by atoms with van der Waals surface area (Å²) in [7, 11) is 0. The first-order chi connectivity index (χ1) is 4.88. The first kappa shape index (κ1) is 10.5. The van der Waals surface area contributed by atoms with E-state index in [0.717, 1.165) is 0 Å². The van der Waals surface area contributed by atoms with Gasteiger partial charge in [0.25, 0.3) is 5.78 Å². The van der Waals surface area contributed by atoms with Gasteiger partial charge in [-0.15, -0.1) is 0 Å². The van der Waals surface area contributed by atoms with E-state index in [9.17, 15) is 18.0 Å². The third-order valence-electron chi connectivity index (χ3n) is 0.750. The molecular formula is C5H5BrF3NO. The minimum atomic E-state index is -4.83. The van der Waals surface area contributed by atoms with Crippen LogP contribution < -0.4 is 5.73 Å². The molecule has 0 radical (unpaired) electrons. The number of nitrogens with two attached hydrogens (primary N) is 1. The van der Waals surface area contributed by atoms with Gasteiger partial charge in [0.2, 0.25) is 0 Å². The van der Waals surface area contributed by atoms with Crippen LogP contribution in [0.4, 0.5) is 13.2 Å². The Morgan fingerprint density at radius 3 is 2.27 bits per heavy atom. The second-order valence-corrected chi connectivity index (χ2v) is 2.28. The van der Waals surface area contributed by atoms with Crippen LogP contribution >= 0.6 is 15.9 Å². The number of halogens is 4. The fraction of sp³-hybridized carbons (Fsp3) is 0.400. The van der Waals surface area contributed by atoms with Crippen molar-refractivity contribution in [1.29, 1.82) is 0 Å². The minimum absolute atomic E-state index is 0.0504. The third-order valence-corrected chi connectivity index (χ3v) is 1.40. The molecule has 0 aromatic carbocycles. The van der Waals surface area contributed by atoms with Crippen LogP contribution in [0.25, 0.3) is 0 Å². The topological polar surface area (TPSA) is 43.1 Å². The van der Waals surface area contributed by atoms with Crippen molar-refractivity contribution in [2.24, 2.45) is 5.73 Å². The van der Waals surface area contributed by atoms with E-state index in [1.165, 1.54) is 0 Å². The summed E-state index contributed by atoms with van der Waals surface area (Å²) in [6.07, 6.45) is -4.47. The standard InChI is InChI=1S/C5H5BrF3NO/c6-2-3(10)1-4(11)5(7,8)9/h1H,2,10H2. The molecule has 0 atom stereocenters. The van der Waals surface area contributed by atoms with Gasteiger partial charge >= 0.3 is 6.18 Å². The lowest BCUT2D eigenvalue weighted by atomic mass is 10.3. The Labute approximate surface area is 69.4 Å². The molecule has 0 unspecified atom stereocenters. The molecule has 0 aromatic rings. The molecule has 2 nitrogen and oxygen atoms in total. The van der Waals surface area contributed by atoms with Gasteiger partial charge in [-0.3, -0.25) is 4.79 Å². The van der Waals surface area contributed by atoms with E-state index in [4.69, 9.17) is 5.73 Å². The molecule has 0 heterocycles. The molecule has 0 rings (SSSR count). The van der Waals surface area contributed by atoms with Crippen molar-refractivity contribution in [3.05, 3.63) is 11.8 Å². The SMILES string of the molecule is NC(=CC(=O)C(F)(F)F)CBr. The molecule has 0 saturated heterocycles. The number of allylic oxidation sites excluding steroid dienone is 2. The summed E-state index contributed by atoms with van der Waals surface area (Å²) in [5.74, 6) is -1.94. The predicted molar refractivity (Wildman–Crippen MR) is 37.1 cm³/mol. The number of hydrogen-bond acceptors (Lipinski definition) is 2. The third kappa shape index (κ3) is 4.02. The van der Waals surface area contributed by atoms with Crippen LogP contribution in [-0.4, -0.2) is 17.3 Å². The summed E-state index contributed by atoms with van der Waals surface area (Å²) in [5, 5.41) is 0.0504. The van der Waals surface area contributed by atoms with E-state index in [1.807, 2.05) is 0 Å². The lowest BCUT2D eigenvalue weighted by Crippen LogP contribution is -2.21. The Bertz CT molecular complexity index is 187. The Morgan fingerprint density at radius 1 is 1.55 bits per heavy atom. The van der Waals surface area contributed by atoms with E-state index in [-0.39, 0.29) is 11.0 Å². The van der Waals surface area contributed by atoms with Gasteiger partial charge in [0.05, 0.1) is 0 Å². The highest BCUT2D eigenvalue weighted by molar-refractivity contribution is 9.09. The second kappa shape index (κ2) is 3.75. The van der Waals surface area contributed by atoms with Gasteiger partial charge in [0.1, 0.15) is 0 Å². The van der Waals surface area contributed by atoms with Gasteiger partial charge < -0.3 is 5.73 Å². The fourth-order valence-electron chi connectivity index (χ4n) is 0.289. The number of ketones is 1. The normalized spacial score (nSPS) is 13.3. The van der Waals surface area contributed by atoms with Crippen molar-refractivity contribution in [3.8, 4) is 0 Å². The Morgan fingerprint density at radius 2 is 2.00 bits per heavy atom. The molecule has 0 fully saturated rings. The van der Waals surface area contributed by atoms with Gasteiger partial charge in [0, 0.05) is 17.1 Å². The molecule has 0 saturated carbocycles. The molecule has 2 N–H and O–H groups in total. The largest absolute Gasteiger partial charge is 0.454 e. The van der Waals surface area contributed by atoms with Crippen LogP contribution in [0.2, 0.25) is 0 Å². The maximum absolute atomic E-state index is 11.5. The highest BCUT2D eigenvalue weighted by Crippen LogP contribution is 2.16. The highest BCUT2D eigenvalue weighted by atomic mass is 79.9. The number of alkyl halides is 4. The lowest BCUT2D eigenvalue weighted by molar-refractivity contribution is -0.165. The van der Waals surface area contributed by atoms with Crippen LogP contribution in [-0.2, 0) is 4.79 Å². The van der Waals surface area contributed by atoms with Gasteiger partial charge in [-0.05, 0) is 0 Å². The number of carbonyl (C=O) groups excluding carboxylic acids is 1. The second-order valence-electron chi connectivity index (χ2n) is 1.71. The molecule has 64 valence electrons. The number of hydrogen-bond donors (Lipinski definition) is 1. The van der Waals surface area contributed by atoms with Crippen molar-refractivity contribution in [2.75, 3.05) is 5.33 Å². The molecule has 0 bridgehead atoms. The molecule has 0 spiro atoms. The van der Waals surface area contributed by atoms with Crippen molar-refractivity contribution in [2.45, 2.75) is 6.18 Å². The molecule has 0 aliphatic carbocycles. The summed E-state index contributed by atoms with van der Waals surface area (Å²) in [4.78, 5) is 10.1. The summed E-state index contributed by atoms with van der Waals surface area (Å²) in [6, 6.07) is 0. The summed E-state index contributed by atoms with van der Waals surface area (Å²) >= 11 is 2.80. The van der Waals surface area contributed by atoms with E-state index >= 15 is 0 Å². The van der Waals surface area contributed by atoms with Crippen LogP contribution in [0.1, 0.15) is 0 Å². The van der Waals surface area contributed by atoms with E-state index in [1.54, 1.807) is 0 Å². The van der Waals surface area contributed by atoms with Crippen LogP contribution in [0, 0.1) is 0 Å². The first-order valence-electron chi connectivity index (χ1n) is 2.51. The smallest absolute Gasteiger partial charge is 0.401 e. The quantitative estimate of drug-likeness (QED) is 0.576. The average molecular weight is 232 g/mol. The van der Waals surface area contributed by atoms with Crippen molar-refractivity contribution >= 4 is 21.7 Å². The van der Waals surface area contributed by atoms with E-state index < -0.39 is 12.0 Å². The zero-order chi connectivity index (χ0) is 9.07. The molecule has 11 heavy (non-hydrogen) atoms. The fourth-order valence-corrected chi connectivity index (χ4v) is 0.451. The lowest BCUT2D eigenvalue weighted by Gasteiger charge is -2.00. The van der Waals surface area contributed by atoms with Gasteiger partial charge in [0.15, 0.2) is 0 Å². The molecule has 0 aliphatic rings. The predicted octanol–water partition coefficient (Wildman–Crippen LogP) is 1.36. The van der Waals surface area contributed by atoms with Gasteiger partial charge in [-0.25, -0.2) is 0 Å². The molecule has 0 aromatic heterocycles. The van der Waals surface area contributed by atoms with Gasteiger partial charge in [-0.1, -0.05) is 15.9 Å². The van der Waals surface area contributed by atoms with Crippen LogP contribution in [0.15, 0.2) is 11.8 Å². The zero-order valence-electron chi connectivity index (χ0n) is 5.28. The summed E-state index contributed by atoms with van der Waals surface area (Å²) in [5.41, 5.74) is 4.82. The monoisotopic (exact) mass is 231 g/mol. The maximum Gasteiger partial charge on any atom is 0.454 e. The highest BCUT2D eigenvalue weighted by Gasteiger charge is 2.36. The van der Waals surface area contributed by atoms with Gasteiger partial charge in [-0.2, -0.15) is 13.2 Å². The van der Waals surface area contributed by atoms with Crippen LogP contribution in [0.3, 0.4) is 0 Å².